The maximum Gasteiger partial charge on any atom is 0.257 e. The Hall–Kier alpha value is -1.98. The molecule has 0 bridgehead atoms. The number of nitrogens with two attached hydrogens (primary N) is 1. The van der Waals surface area contributed by atoms with Gasteiger partial charge in [0.2, 0.25) is 6.41 Å². The molecule has 24 heavy (non-hydrogen) atoms. The van der Waals surface area contributed by atoms with Crippen molar-refractivity contribution in [3.05, 3.63) is 17.9 Å². The van der Waals surface area contributed by atoms with E-state index in [0.717, 1.165) is 30.5 Å². The molecule has 1 rings (SSSR count). The second-order valence-corrected chi connectivity index (χ2v) is 7.05. The summed E-state index contributed by atoms with van der Waals surface area (Å²) >= 11 is 0. The van der Waals surface area contributed by atoms with Crippen LogP contribution >= 0.6 is 0 Å². The van der Waals surface area contributed by atoms with Gasteiger partial charge in [-0.05, 0) is 37.3 Å². The third-order valence-electron chi connectivity index (χ3n) is 3.39. The molecule has 138 valence electrons. The molecule has 0 radical (unpaired) electrons. The van der Waals surface area contributed by atoms with Crippen molar-refractivity contribution in [3.63, 3.8) is 0 Å². The van der Waals surface area contributed by atoms with Crippen molar-refractivity contribution in [2.75, 3.05) is 6.61 Å². The summed E-state index contributed by atoms with van der Waals surface area (Å²) in [5.41, 5.74) is 6.10. The van der Waals surface area contributed by atoms with Gasteiger partial charge < -0.3 is 20.3 Å². The number of carbonyl (C=O) groups is 1. The van der Waals surface area contributed by atoms with Crippen LogP contribution in [0.25, 0.3) is 5.70 Å². The molecular weight excluding hydrogens is 306 g/mol. The second kappa shape index (κ2) is 10.7. The number of aromatic nitrogens is 1. The Balaban J connectivity index is 0.00000163. The van der Waals surface area contributed by atoms with Crippen LogP contribution in [0.5, 0.6) is 5.88 Å². The fourth-order valence-electron chi connectivity index (χ4n) is 2.06. The molecule has 0 fully saturated rings. The largest absolute Gasteiger partial charge is 0.475 e. The highest BCUT2D eigenvalue weighted by Crippen LogP contribution is 2.26. The molecule has 0 aliphatic carbocycles. The van der Waals surface area contributed by atoms with E-state index in [2.05, 4.69) is 57.4 Å². The monoisotopic (exact) mass is 339 g/mol. The van der Waals surface area contributed by atoms with E-state index >= 15 is 0 Å². The maximum absolute atomic E-state index is 8.58. The zero-order valence-electron chi connectivity index (χ0n) is 15.9. The number of nitrogens with one attached hydrogen (secondary N) is 1. The normalized spacial score (nSPS) is 11.9. The second-order valence-electron chi connectivity index (χ2n) is 7.05. The Kier molecular flexibility index (Phi) is 9.85. The fraction of sp³-hybridized carbons (Fsp3) is 0.667. The lowest BCUT2D eigenvalue weighted by molar-refractivity contribution is -0.106. The van der Waals surface area contributed by atoms with Gasteiger partial charge in [0.05, 0.1) is 17.9 Å². The molecule has 0 saturated heterocycles. The number of ether oxygens (including phenoxy) is 1. The van der Waals surface area contributed by atoms with Crippen molar-refractivity contribution in [3.8, 4) is 5.88 Å². The van der Waals surface area contributed by atoms with Gasteiger partial charge in [-0.1, -0.05) is 40.7 Å². The van der Waals surface area contributed by atoms with E-state index in [4.69, 9.17) is 14.1 Å². The first-order valence-electron chi connectivity index (χ1n) is 8.36. The number of rotatable bonds is 8. The Labute approximate surface area is 145 Å². The van der Waals surface area contributed by atoms with Gasteiger partial charge in [-0.15, -0.1) is 0 Å². The first kappa shape index (κ1) is 22.0. The van der Waals surface area contributed by atoms with Crippen molar-refractivity contribution in [2.24, 2.45) is 11.1 Å². The van der Waals surface area contributed by atoms with Gasteiger partial charge in [-0.25, -0.2) is 0 Å². The molecule has 1 aromatic rings. The van der Waals surface area contributed by atoms with Crippen LogP contribution in [0.2, 0.25) is 0 Å². The van der Waals surface area contributed by atoms with Crippen LogP contribution in [0.3, 0.4) is 0 Å². The van der Waals surface area contributed by atoms with Crippen LogP contribution in [-0.2, 0) is 4.79 Å². The first-order valence-corrected chi connectivity index (χ1v) is 8.36. The third-order valence-corrected chi connectivity index (χ3v) is 3.39. The zero-order chi connectivity index (χ0) is 18.8. The van der Waals surface area contributed by atoms with Gasteiger partial charge >= 0.3 is 0 Å². The lowest BCUT2D eigenvalue weighted by atomic mass is 9.93. The van der Waals surface area contributed by atoms with E-state index in [-0.39, 0.29) is 11.8 Å². The van der Waals surface area contributed by atoms with Crippen molar-refractivity contribution >= 4 is 12.1 Å². The Bertz CT molecular complexity index is 504. The predicted octanol–water partition coefficient (Wildman–Crippen LogP) is 3.65. The van der Waals surface area contributed by atoms with E-state index in [1.54, 1.807) is 0 Å². The molecule has 0 aliphatic rings. The van der Waals surface area contributed by atoms with E-state index in [0.29, 0.717) is 24.3 Å². The molecule has 1 amide bonds. The number of nitrogens with zero attached hydrogens (tertiary/aromatic N) is 1. The minimum absolute atomic E-state index is 0.250. The van der Waals surface area contributed by atoms with Crippen molar-refractivity contribution in [1.82, 2.24) is 10.5 Å². The van der Waals surface area contributed by atoms with Gasteiger partial charge in [0.25, 0.3) is 5.88 Å². The lowest BCUT2D eigenvalue weighted by Gasteiger charge is -2.17. The Morgan fingerprint density at radius 2 is 2.08 bits per heavy atom. The quantitative estimate of drug-likeness (QED) is 0.706. The SMILES string of the molecule is C=C(NC(C)CCC)c1onc(OCCC(C)(C)C)c1C.NC=O. The van der Waals surface area contributed by atoms with E-state index in [1.165, 1.54) is 0 Å². The van der Waals surface area contributed by atoms with Crippen LogP contribution in [0.15, 0.2) is 11.1 Å². The van der Waals surface area contributed by atoms with Crippen molar-refractivity contribution in [1.29, 1.82) is 0 Å². The van der Waals surface area contributed by atoms with Crippen LogP contribution in [0.1, 0.15) is 65.2 Å². The smallest absolute Gasteiger partial charge is 0.257 e. The van der Waals surface area contributed by atoms with Gasteiger partial charge in [0, 0.05) is 6.04 Å². The van der Waals surface area contributed by atoms with E-state index < -0.39 is 0 Å². The summed E-state index contributed by atoms with van der Waals surface area (Å²) < 4.78 is 11.1. The van der Waals surface area contributed by atoms with Crippen LogP contribution in [-0.4, -0.2) is 24.2 Å². The molecule has 0 saturated carbocycles. The fourth-order valence-corrected chi connectivity index (χ4v) is 2.06. The number of carbonyl (C=O) groups excluding carboxylic acids is 1. The standard InChI is InChI=1S/C17H30N2O2.CH3NO/c1-8-9-12(2)18-14(4)15-13(3)16(19-21-15)20-11-10-17(5,6)7;2-1-3/h12,18H,4,8-11H2,1-3,5-7H3;1H,(H2,2,3). The lowest BCUT2D eigenvalue weighted by Crippen LogP contribution is -2.23. The molecular formula is C18H33N3O3. The van der Waals surface area contributed by atoms with Crippen LogP contribution in [0.4, 0.5) is 0 Å². The molecule has 1 unspecified atom stereocenters. The Morgan fingerprint density at radius 3 is 2.58 bits per heavy atom. The van der Waals surface area contributed by atoms with Gasteiger partial charge in [0.1, 0.15) is 0 Å². The highest BCUT2D eigenvalue weighted by atomic mass is 16.5. The third kappa shape index (κ3) is 8.60. The topological polar surface area (TPSA) is 90.4 Å². The molecule has 6 nitrogen and oxygen atoms in total. The minimum atomic E-state index is 0.250. The molecule has 1 aromatic heterocycles. The van der Waals surface area contributed by atoms with Crippen LogP contribution in [0, 0.1) is 12.3 Å². The highest BCUT2D eigenvalue weighted by molar-refractivity contribution is 5.61. The van der Waals surface area contributed by atoms with Crippen molar-refractivity contribution in [2.45, 2.75) is 66.8 Å². The zero-order valence-corrected chi connectivity index (χ0v) is 15.9. The summed E-state index contributed by atoms with van der Waals surface area (Å²) in [6.07, 6.45) is 3.46. The van der Waals surface area contributed by atoms with E-state index in [9.17, 15) is 0 Å². The summed E-state index contributed by atoms with van der Waals surface area (Å²) in [5.74, 6) is 1.25. The summed E-state index contributed by atoms with van der Waals surface area (Å²) in [6.45, 7) is 17.5. The maximum atomic E-state index is 8.58. The highest BCUT2D eigenvalue weighted by Gasteiger charge is 2.18. The van der Waals surface area contributed by atoms with Gasteiger partial charge in [0.15, 0.2) is 5.76 Å². The number of primary amides is 1. The summed E-state index contributed by atoms with van der Waals surface area (Å²) in [7, 11) is 0. The number of amides is 1. The predicted molar refractivity (Wildman–Crippen MR) is 97.6 cm³/mol. The van der Waals surface area contributed by atoms with Gasteiger partial charge in [-0.3, -0.25) is 4.79 Å². The average molecular weight is 339 g/mol. The molecule has 6 heteroatoms. The summed E-state index contributed by atoms with van der Waals surface area (Å²) in [6, 6.07) is 0.372. The molecule has 0 spiro atoms. The molecule has 1 atom stereocenters. The molecule has 3 N–H and O–H groups in total. The first-order chi connectivity index (χ1) is 11.2. The van der Waals surface area contributed by atoms with Crippen LogP contribution < -0.4 is 15.8 Å². The van der Waals surface area contributed by atoms with E-state index in [1.807, 2.05) is 6.92 Å². The molecule has 0 aliphatic heterocycles. The summed E-state index contributed by atoms with van der Waals surface area (Å²) in [5, 5.41) is 7.36. The molecule has 1 heterocycles. The van der Waals surface area contributed by atoms with Gasteiger partial charge in [-0.2, -0.15) is 0 Å². The number of hydrogen-bond acceptors (Lipinski definition) is 5. The average Bonchev–Trinajstić information content (AvgIpc) is 2.80. The minimum Gasteiger partial charge on any atom is -0.475 e. The van der Waals surface area contributed by atoms with Crippen molar-refractivity contribution < 1.29 is 14.1 Å². The Morgan fingerprint density at radius 1 is 1.50 bits per heavy atom. The molecule has 0 aromatic carbocycles. The number of hydrogen-bond donors (Lipinski definition) is 2. The summed E-state index contributed by atoms with van der Waals surface area (Å²) in [4.78, 5) is 8.58.